The summed E-state index contributed by atoms with van der Waals surface area (Å²) in [6.45, 7) is 7.07. The Kier molecular flexibility index (Phi) is 6.45. The van der Waals surface area contributed by atoms with Gasteiger partial charge in [-0.1, -0.05) is 26.2 Å². The van der Waals surface area contributed by atoms with E-state index in [0.29, 0.717) is 18.5 Å². The van der Waals surface area contributed by atoms with Crippen LogP contribution >= 0.6 is 0 Å². The lowest BCUT2D eigenvalue weighted by Gasteiger charge is -2.14. The lowest BCUT2D eigenvalue weighted by Crippen LogP contribution is -2.14. The molecule has 3 heteroatoms. The summed E-state index contributed by atoms with van der Waals surface area (Å²) in [5.41, 5.74) is 1.07. The molecule has 96 valence electrons. The summed E-state index contributed by atoms with van der Waals surface area (Å²) in [4.78, 5) is 4.23. The summed E-state index contributed by atoms with van der Waals surface area (Å²) < 4.78 is 5.31. The predicted molar refractivity (Wildman–Crippen MR) is 72.6 cm³/mol. The standard InChI is InChI=1S/C14H24N2O/c1-4-6-7-8-12(3)16-13-9-10-14(15-11-13)17-5-2/h9-12,16H,4-8H2,1-3H3. The van der Waals surface area contributed by atoms with Crippen LogP contribution in [0.2, 0.25) is 0 Å². The van der Waals surface area contributed by atoms with E-state index in [1.54, 1.807) is 0 Å². The average Bonchev–Trinajstić information content (AvgIpc) is 2.32. The van der Waals surface area contributed by atoms with Gasteiger partial charge in [-0.3, -0.25) is 0 Å². The molecule has 0 aliphatic rings. The molecule has 0 fully saturated rings. The van der Waals surface area contributed by atoms with Crippen molar-refractivity contribution in [3.8, 4) is 5.88 Å². The van der Waals surface area contributed by atoms with Gasteiger partial charge in [-0.15, -0.1) is 0 Å². The fourth-order valence-electron chi connectivity index (χ4n) is 1.76. The lowest BCUT2D eigenvalue weighted by molar-refractivity contribution is 0.327. The SMILES string of the molecule is CCCCCC(C)Nc1ccc(OCC)nc1. The third-order valence-electron chi connectivity index (χ3n) is 2.68. The van der Waals surface area contributed by atoms with Crippen molar-refractivity contribution in [3.63, 3.8) is 0 Å². The third-order valence-corrected chi connectivity index (χ3v) is 2.68. The molecule has 3 nitrogen and oxygen atoms in total. The summed E-state index contributed by atoms with van der Waals surface area (Å²) in [7, 11) is 0. The van der Waals surface area contributed by atoms with Gasteiger partial charge in [-0.05, 0) is 26.3 Å². The highest BCUT2D eigenvalue weighted by atomic mass is 16.5. The van der Waals surface area contributed by atoms with Crippen molar-refractivity contribution < 1.29 is 4.74 Å². The number of pyridine rings is 1. The molecule has 0 spiro atoms. The van der Waals surface area contributed by atoms with E-state index in [0.717, 1.165) is 5.69 Å². The van der Waals surface area contributed by atoms with E-state index < -0.39 is 0 Å². The number of ether oxygens (including phenoxy) is 1. The molecule has 0 bridgehead atoms. The van der Waals surface area contributed by atoms with Crippen LogP contribution in [0.4, 0.5) is 5.69 Å². The van der Waals surface area contributed by atoms with Crippen LogP contribution < -0.4 is 10.1 Å². The minimum Gasteiger partial charge on any atom is -0.478 e. The van der Waals surface area contributed by atoms with Crippen LogP contribution in [-0.4, -0.2) is 17.6 Å². The number of nitrogens with one attached hydrogen (secondary N) is 1. The molecule has 0 saturated carbocycles. The largest absolute Gasteiger partial charge is 0.478 e. The topological polar surface area (TPSA) is 34.1 Å². The van der Waals surface area contributed by atoms with Crippen LogP contribution in [0.25, 0.3) is 0 Å². The fraction of sp³-hybridized carbons (Fsp3) is 0.643. The zero-order valence-corrected chi connectivity index (χ0v) is 11.2. The van der Waals surface area contributed by atoms with Crippen LogP contribution in [0.15, 0.2) is 18.3 Å². The first kappa shape index (κ1) is 13.8. The maximum absolute atomic E-state index is 5.31. The highest BCUT2D eigenvalue weighted by molar-refractivity contribution is 5.42. The van der Waals surface area contributed by atoms with Gasteiger partial charge in [-0.2, -0.15) is 0 Å². The average molecular weight is 236 g/mol. The van der Waals surface area contributed by atoms with Crippen molar-refractivity contribution in [1.29, 1.82) is 0 Å². The van der Waals surface area contributed by atoms with E-state index in [2.05, 4.69) is 24.1 Å². The molecule has 1 aromatic rings. The first-order chi connectivity index (χ1) is 8.26. The summed E-state index contributed by atoms with van der Waals surface area (Å²) in [5.74, 6) is 0.691. The molecule has 1 aromatic heterocycles. The predicted octanol–water partition coefficient (Wildman–Crippen LogP) is 3.86. The second-order valence-corrected chi connectivity index (χ2v) is 4.36. The maximum Gasteiger partial charge on any atom is 0.213 e. The second-order valence-electron chi connectivity index (χ2n) is 4.36. The monoisotopic (exact) mass is 236 g/mol. The molecule has 0 saturated heterocycles. The molecule has 0 aromatic carbocycles. The van der Waals surface area contributed by atoms with Gasteiger partial charge in [-0.25, -0.2) is 4.98 Å². The van der Waals surface area contributed by atoms with Crippen LogP contribution in [0, 0.1) is 0 Å². The van der Waals surface area contributed by atoms with Gasteiger partial charge in [0.15, 0.2) is 0 Å². The third kappa shape index (κ3) is 5.57. The normalized spacial score (nSPS) is 12.2. The highest BCUT2D eigenvalue weighted by Crippen LogP contribution is 2.14. The second kappa shape index (κ2) is 7.93. The molecule has 1 atom stereocenters. The van der Waals surface area contributed by atoms with E-state index in [1.165, 1.54) is 25.7 Å². The Morgan fingerprint density at radius 3 is 2.71 bits per heavy atom. The van der Waals surface area contributed by atoms with Gasteiger partial charge in [0.1, 0.15) is 0 Å². The Balaban J connectivity index is 2.34. The van der Waals surface area contributed by atoms with E-state index >= 15 is 0 Å². The highest BCUT2D eigenvalue weighted by Gasteiger charge is 2.02. The van der Waals surface area contributed by atoms with E-state index in [9.17, 15) is 0 Å². The van der Waals surface area contributed by atoms with E-state index in [-0.39, 0.29) is 0 Å². The van der Waals surface area contributed by atoms with Crippen molar-refractivity contribution in [2.24, 2.45) is 0 Å². The molecule has 0 radical (unpaired) electrons. The molecule has 1 heterocycles. The molecule has 0 aliphatic carbocycles. The van der Waals surface area contributed by atoms with Gasteiger partial charge >= 0.3 is 0 Å². The number of aromatic nitrogens is 1. The van der Waals surface area contributed by atoms with Crippen molar-refractivity contribution in [2.75, 3.05) is 11.9 Å². The number of hydrogen-bond acceptors (Lipinski definition) is 3. The van der Waals surface area contributed by atoms with Gasteiger partial charge in [0.25, 0.3) is 0 Å². The Morgan fingerprint density at radius 2 is 2.12 bits per heavy atom. The molecular weight excluding hydrogens is 212 g/mol. The maximum atomic E-state index is 5.31. The lowest BCUT2D eigenvalue weighted by atomic mass is 10.1. The molecule has 1 unspecified atom stereocenters. The molecule has 17 heavy (non-hydrogen) atoms. The van der Waals surface area contributed by atoms with Crippen molar-refractivity contribution in [1.82, 2.24) is 4.98 Å². The fourth-order valence-corrected chi connectivity index (χ4v) is 1.76. The molecule has 1 rings (SSSR count). The number of unbranched alkanes of at least 4 members (excludes halogenated alkanes) is 2. The summed E-state index contributed by atoms with van der Waals surface area (Å²) >= 11 is 0. The van der Waals surface area contributed by atoms with Gasteiger partial charge in [0.05, 0.1) is 18.5 Å². The first-order valence-corrected chi connectivity index (χ1v) is 6.61. The quantitative estimate of drug-likeness (QED) is 0.696. The van der Waals surface area contributed by atoms with Crippen molar-refractivity contribution in [3.05, 3.63) is 18.3 Å². The van der Waals surface area contributed by atoms with Crippen LogP contribution in [-0.2, 0) is 0 Å². The molecule has 1 N–H and O–H groups in total. The number of rotatable bonds is 8. The van der Waals surface area contributed by atoms with E-state index in [1.807, 2.05) is 25.3 Å². The zero-order chi connectivity index (χ0) is 12.5. The first-order valence-electron chi connectivity index (χ1n) is 6.61. The number of hydrogen-bond donors (Lipinski definition) is 1. The minimum atomic E-state index is 0.501. The van der Waals surface area contributed by atoms with Gasteiger partial charge in [0.2, 0.25) is 5.88 Å². The van der Waals surface area contributed by atoms with Crippen molar-refractivity contribution in [2.45, 2.75) is 52.5 Å². The Hall–Kier alpha value is -1.25. The molecule has 0 amide bonds. The summed E-state index contributed by atoms with van der Waals surface area (Å²) in [6, 6.07) is 4.43. The molecule has 0 aliphatic heterocycles. The van der Waals surface area contributed by atoms with Gasteiger partial charge in [0, 0.05) is 12.1 Å². The smallest absolute Gasteiger partial charge is 0.213 e. The molecular formula is C14H24N2O. The minimum absolute atomic E-state index is 0.501. The van der Waals surface area contributed by atoms with Crippen LogP contribution in [0.5, 0.6) is 5.88 Å². The summed E-state index contributed by atoms with van der Waals surface area (Å²) in [5, 5.41) is 3.45. The van der Waals surface area contributed by atoms with Crippen LogP contribution in [0.1, 0.15) is 46.5 Å². The number of anilines is 1. The summed E-state index contributed by atoms with van der Waals surface area (Å²) in [6.07, 6.45) is 6.92. The Bertz CT molecular complexity index is 298. The number of nitrogens with zero attached hydrogens (tertiary/aromatic N) is 1. The Morgan fingerprint density at radius 1 is 1.29 bits per heavy atom. The van der Waals surface area contributed by atoms with Crippen LogP contribution in [0.3, 0.4) is 0 Å². The van der Waals surface area contributed by atoms with Crippen molar-refractivity contribution >= 4 is 5.69 Å². The Labute approximate surface area is 105 Å². The zero-order valence-electron chi connectivity index (χ0n) is 11.2. The van der Waals surface area contributed by atoms with Gasteiger partial charge < -0.3 is 10.1 Å². The van der Waals surface area contributed by atoms with E-state index in [4.69, 9.17) is 4.74 Å².